The second-order valence-corrected chi connectivity index (χ2v) is 6.95. The van der Waals surface area contributed by atoms with Crippen molar-refractivity contribution in [2.45, 2.75) is 13.8 Å². The number of carbonyl (C=O) groups excluding carboxylic acids is 1. The van der Waals surface area contributed by atoms with Gasteiger partial charge in [-0.05, 0) is 49.2 Å². The summed E-state index contributed by atoms with van der Waals surface area (Å²) in [5.41, 5.74) is 7.31. The molecule has 2 N–H and O–H groups in total. The number of amides is 1. The van der Waals surface area contributed by atoms with Gasteiger partial charge >= 0.3 is 0 Å². The zero-order valence-electron chi connectivity index (χ0n) is 15.0. The molecular formula is C20H19BrN4O2. The van der Waals surface area contributed by atoms with Gasteiger partial charge in [0.2, 0.25) is 0 Å². The zero-order valence-corrected chi connectivity index (χ0v) is 16.6. The van der Waals surface area contributed by atoms with Gasteiger partial charge in [0.05, 0.1) is 18.1 Å². The van der Waals surface area contributed by atoms with E-state index >= 15 is 0 Å². The van der Waals surface area contributed by atoms with Gasteiger partial charge in [-0.15, -0.1) is 0 Å². The van der Waals surface area contributed by atoms with Crippen molar-refractivity contribution in [2.24, 2.45) is 5.10 Å². The molecule has 1 heterocycles. The van der Waals surface area contributed by atoms with Gasteiger partial charge in [0.15, 0.2) is 6.61 Å². The van der Waals surface area contributed by atoms with Gasteiger partial charge in [-0.2, -0.15) is 10.2 Å². The summed E-state index contributed by atoms with van der Waals surface area (Å²) in [7, 11) is 0. The number of carbonyl (C=O) groups is 1. The van der Waals surface area contributed by atoms with Crippen LogP contribution in [-0.4, -0.2) is 28.9 Å². The lowest BCUT2D eigenvalue weighted by Crippen LogP contribution is -2.24. The number of aromatic amines is 1. The predicted molar refractivity (Wildman–Crippen MR) is 109 cm³/mol. The van der Waals surface area contributed by atoms with Crippen molar-refractivity contribution in [1.29, 1.82) is 0 Å². The van der Waals surface area contributed by atoms with E-state index in [1.807, 2.05) is 56.3 Å². The lowest BCUT2D eigenvalue weighted by molar-refractivity contribution is -0.123. The second kappa shape index (κ2) is 8.64. The average molecular weight is 427 g/mol. The number of hydrogen-bond acceptors (Lipinski definition) is 4. The van der Waals surface area contributed by atoms with E-state index in [1.165, 1.54) is 5.56 Å². The van der Waals surface area contributed by atoms with E-state index in [0.29, 0.717) is 5.75 Å². The summed E-state index contributed by atoms with van der Waals surface area (Å²) in [6, 6.07) is 13.5. The molecule has 0 saturated carbocycles. The molecule has 138 valence electrons. The summed E-state index contributed by atoms with van der Waals surface area (Å²) in [4.78, 5) is 11.9. The molecular weight excluding hydrogens is 408 g/mol. The smallest absolute Gasteiger partial charge is 0.277 e. The van der Waals surface area contributed by atoms with Gasteiger partial charge in [0.25, 0.3) is 5.91 Å². The van der Waals surface area contributed by atoms with Crippen LogP contribution in [0.4, 0.5) is 0 Å². The molecule has 0 bridgehead atoms. The maximum absolute atomic E-state index is 11.9. The molecule has 3 aromatic rings. The van der Waals surface area contributed by atoms with Gasteiger partial charge in [-0.3, -0.25) is 9.89 Å². The number of rotatable bonds is 6. The summed E-state index contributed by atoms with van der Waals surface area (Å²) in [5, 5.41) is 11.0. The molecule has 0 aliphatic rings. The molecule has 0 spiro atoms. The van der Waals surface area contributed by atoms with Crippen LogP contribution in [0.3, 0.4) is 0 Å². The Labute approximate surface area is 165 Å². The second-order valence-electron chi connectivity index (χ2n) is 6.04. The Morgan fingerprint density at radius 1 is 1.26 bits per heavy atom. The average Bonchev–Trinajstić information content (AvgIpc) is 3.11. The van der Waals surface area contributed by atoms with Gasteiger partial charge in [-0.1, -0.05) is 34.1 Å². The molecule has 0 fully saturated rings. The molecule has 0 aliphatic carbocycles. The highest BCUT2D eigenvalue weighted by atomic mass is 79.9. The highest BCUT2D eigenvalue weighted by molar-refractivity contribution is 9.10. The molecule has 2 aromatic carbocycles. The maximum atomic E-state index is 11.9. The maximum Gasteiger partial charge on any atom is 0.277 e. The summed E-state index contributed by atoms with van der Waals surface area (Å²) in [5.74, 6) is 0.320. The van der Waals surface area contributed by atoms with Gasteiger partial charge in [0.1, 0.15) is 5.75 Å². The van der Waals surface area contributed by atoms with E-state index in [2.05, 4.69) is 36.7 Å². The van der Waals surface area contributed by atoms with E-state index in [0.717, 1.165) is 26.9 Å². The predicted octanol–water partition coefficient (Wildman–Crippen LogP) is 3.99. The number of nitrogens with one attached hydrogen (secondary N) is 2. The van der Waals surface area contributed by atoms with E-state index in [-0.39, 0.29) is 12.5 Å². The van der Waals surface area contributed by atoms with Crippen LogP contribution in [0.15, 0.2) is 58.2 Å². The summed E-state index contributed by atoms with van der Waals surface area (Å²) in [6.07, 6.45) is 3.20. The van der Waals surface area contributed by atoms with Crippen molar-refractivity contribution in [1.82, 2.24) is 15.6 Å². The van der Waals surface area contributed by atoms with Crippen molar-refractivity contribution in [3.8, 4) is 17.0 Å². The van der Waals surface area contributed by atoms with Crippen LogP contribution in [0.2, 0.25) is 0 Å². The summed E-state index contributed by atoms with van der Waals surface area (Å²) in [6.45, 7) is 3.92. The van der Waals surface area contributed by atoms with E-state index in [4.69, 9.17) is 4.74 Å². The van der Waals surface area contributed by atoms with Crippen LogP contribution in [0.25, 0.3) is 11.3 Å². The van der Waals surface area contributed by atoms with Crippen LogP contribution in [0.1, 0.15) is 16.7 Å². The van der Waals surface area contributed by atoms with Crippen LogP contribution in [0.5, 0.6) is 5.75 Å². The molecule has 0 atom stereocenters. The Morgan fingerprint density at radius 3 is 2.89 bits per heavy atom. The number of nitrogens with zero attached hydrogens (tertiary/aromatic N) is 2. The van der Waals surface area contributed by atoms with Crippen molar-refractivity contribution in [2.75, 3.05) is 6.61 Å². The van der Waals surface area contributed by atoms with Gasteiger partial charge in [0, 0.05) is 15.6 Å². The van der Waals surface area contributed by atoms with Crippen molar-refractivity contribution >= 4 is 28.1 Å². The third kappa shape index (κ3) is 5.04. The first kappa shape index (κ1) is 18.8. The Morgan fingerprint density at radius 2 is 2.11 bits per heavy atom. The molecule has 3 rings (SSSR count). The van der Waals surface area contributed by atoms with Gasteiger partial charge in [-0.25, -0.2) is 5.43 Å². The summed E-state index contributed by atoms with van der Waals surface area (Å²) >= 11 is 3.45. The Kier molecular flexibility index (Phi) is 6.03. The Bertz CT molecular complexity index is 982. The zero-order chi connectivity index (χ0) is 19.2. The van der Waals surface area contributed by atoms with E-state index in [1.54, 1.807) is 12.4 Å². The number of hydrazone groups is 1. The first-order valence-corrected chi connectivity index (χ1v) is 9.13. The molecule has 27 heavy (non-hydrogen) atoms. The van der Waals surface area contributed by atoms with Crippen LogP contribution in [0, 0.1) is 13.8 Å². The van der Waals surface area contributed by atoms with Crippen molar-refractivity contribution in [3.63, 3.8) is 0 Å². The quantitative estimate of drug-likeness (QED) is 0.461. The number of benzene rings is 2. The first-order chi connectivity index (χ1) is 13.0. The van der Waals surface area contributed by atoms with Crippen LogP contribution < -0.4 is 10.2 Å². The van der Waals surface area contributed by atoms with Gasteiger partial charge < -0.3 is 4.74 Å². The Hall–Kier alpha value is -2.93. The molecule has 1 amide bonds. The third-order valence-corrected chi connectivity index (χ3v) is 4.52. The van der Waals surface area contributed by atoms with E-state index in [9.17, 15) is 4.79 Å². The first-order valence-electron chi connectivity index (χ1n) is 8.34. The fourth-order valence-electron chi connectivity index (χ4n) is 2.43. The number of aryl methyl sites for hydroxylation is 2. The Balaban J connectivity index is 1.57. The molecule has 1 aromatic heterocycles. The fourth-order valence-corrected chi connectivity index (χ4v) is 2.83. The third-order valence-electron chi connectivity index (χ3n) is 4.02. The molecule has 6 nitrogen and oxygen atoms in total. The van der Waals surface area contributed by atoms with Crippen LogP contribution in [-0.2, 0) is 4.79 Å². The largest absolute Gasteiger partial charge is 0.484 e. The van der Waals surface area contributed by atoms with E-state index < -0.39 is 0 Å². The molecule has 0 aliphatic heterocycles. The number of ether oxygens (including phenoxy) is 1. The normalized spacial score (nSPS) is 10.9. The minimum atomic E-state index is -0.336. The lowest BCUT2D eigenvalue weighted by atomic mass is 10.1. The topological polar surface area (TPSA) is 79.4 Å². The van der Waals surface area contributed by atoms with Crippen LogP contribution >= 0.6 is 15.9 Å². The summed E-state index contributed by atoms with van der Waals surface area (Å²) < 4.78 is 6.45. The minimum Gasteiger partial charge on any atom is -0.484 e. The molecule has 0 saturated heterocycles. The highest BCUT2D eigenvalue weighted by Gasteiger charge is 2.07. The number of halogens is 1. The number of aromatic nitrogens is 2. The number of hydrogen-bond donors (Lipinski definition) is 2. The standard InChI is InChI=1S/C20H19BrN4O2/c1-13-6-7-18(8-14(13)2)27-12-19(26)24-22-10-16-11-23-25-20(16)15-4-3-5-17(21)9-15/h3-11H,12H2,1-2H3,(H,23,25)(H,24,26)/b22-10+. The molecule has 7 heteroatoms. The van der Waals surface area contributed by atoms with Crippen molar-refractivity contribution in [3.05, 3.63) is 69.8 Å². The lowest BCUT2D eigenvalue weighted by Gasteiger charge is -2.07. The fraction of sp³-hybridized carbons (Fsp3) is 0.150. The minimum absolute atomic E-state index is 0.107. The monoisotopic (exact) mass is 426 g/mol. The van der Waals surface area contributed by atoms with Crippen molar-refractivity contribution < 1.29 is 9.53 Å². The molecule has 0 unspecified atom stereocenters. The molecule has 0 radical (unpaired) electrons. The SMILES string of the molecule is Cc1ccc(OCC(=O)N/N=C/c2cn[nH]c2-c2cccc(Br)c2)cc1C. The number of H-pyrrole nitrogens is 1. The highest BCUT2D eigenvalue weighted by Crippen LogP contribution is 2.23.